The van der Waals surface area contributed by atoms with Crippen LogP contribution in [-0.4, -0.2) is 16.6 Å². The van der Waals surface area contributed by atoms with Crippen LogP contribution in [0.25, 0.3) is 0 Å². The second kappa shape index (κ2) is 8.29. The lowest BCUT2D eigenvalue weighted by Crippen LogP contribution is -2.16. The molecule has 0 aromatic carbocycles. The highest BCUT2D eigenvalue weighted by Crippen LogP contribution is 2.18. The summed E-state index contributed by atoms with van der Waals surface area (Å²) in [6.07, 6.45) is 13.3. The third-order valence-corrected chi connectivity index (χ3v) is 3.28. The van der Waals surface area contributed by atoms with Gasteiger partial charge in [0.1, 0.15) is 0 Å². The maximum atomic E-state index is 4.42. The fourth-order valence-electron chi connectivity index (χ4n) is 2.18. The van der Waals surface area contributed by atoms with E-state index in [0.717, 1.165) is 0 Å². The van der Waals surface area contributed by atoms with Crippen molar-refractivity contribution in [3.05, 3.63) is 18.2 Å². The molecule has 3 heteroatoms. The molecule has 1 aromatic heterocycles. The molecule has 1 aromatic rings. The zero-order valence-electron chi connectivity index (χ0n) is 11.6. The minimum Gasteiger partial charge on any atom is -0.340 e. The number of hydrogen-bond donors (Lipinski definition) is 1. The van der Waals surface area contributed by atoms with E-state index in [4.69, 9.17) is 0 Å². The predicted molar refractivity (Wildman–Crippen MR) is 73.0 cm³/mol. The molecular formula is C14H27N3. The van der Waals surface area contributed by atoms with Gasteiger partial charge in [0, 0.05) is 13.2 Å². The number of aromatic nitrogens is 2. The summed E-state index contributed by atoms with van der Waals surface area (Å²) in [5.41, 5.74) is 1.17. The van der Waals surface area contributed by atoms with Gasteiger partial charge in [-0.1, -0.05) is 45.4 Å². The van der Waals surface area contributed by atoms with Gasteiger partial charge in [-0.25, -0.2) is 4.98 Å². The molecule has 1 heterocycles. The van der Waals surface area contributed by atoms with Gasteiger partial charge < -0.3 is 9.88 Å². The summed E-state index contributed by atoms with van der Waals surface area (Å²) < 4.78 is 2.01. The summed E-state index contributed by atoms with van der Waals surface area (Å²) >= 11 is 0. The minimum atomic E-state index is 0.419. The van der Waals surface area contributed by atoms with Crippen molar-refractivity contribution in [2.75, 3.05) is 7.05 Å². The summed E-state index contributed by atoms with van der Waals surface area (Å²) in [4.78, 5) is 4.42. The molecule has 0 aliphatic rings. The molecule has 0 bridgehead atoms. The van der Waals surface area contributed by atoms with Gasteiger partial charge in [-0.3, -0.25) is 0 Å². The Hall–Kier alpha value is -0.830. The largest absolute Gasteiger partial charge is 0.340 e. The fourth-order valence-corrected chi connectivity index (χ4v) is 2.18. The Kier molecular flexibility index (Phi) is 6.94. The zero-order chi connectivity index (χ0) is 12.5. The van der Waals surface area contributed by atoms with Crippen molar-refractivity contribution in [1.82, 2.24) is 14.9 Å². The highest BCUT2D eigenvalue weighted by atomic mass is 15.0. The number of aryl methyl sites for hydroxylation is 1. The van der Waals surface area contributed by atoms with Gasteiger partial charge in [0.2, 0.25) is 0 Å². The molecule has 1 atom stereocenters. The molecule has 98 valence electrons. The summed E-state index contributed by atoms with van der Waals surface area (Å²) in [5.74, 6) is 0. The summed E-state index contributed by atoms with van der Waals surface area (Å²) in [6.45, 7) is 2.26. The highest BCUT2D eigenvalue weighted by Gasteiger charge is 2.10. The molecule has 0 saturated heterocycles. The average molecular weight is 237 g/mol. The van der Waals surface area contributed by atoms with E-state index in [0.29, 0.717) is 6.04 Å². The first kappa shape index (κ1) is 14.2. The van der Waals surface area contributed by atoms with Crippen LogP contribution in [0.2, 0.25) is 0 Å². The summed E-state index contributed by atoms with van der Waals surface area (Å²) in [5, 5.41) is 3.36. The normalized spacial score (nSPS) is 12.9. The summed E-state index contributed by atoms with van der Waals surface area (Å²) in [6, 6.07) is 0.419. The molecule has 0 saturated carbocycles. The van der Waals surface area contributed by atoms with E-state index < -0.39 is 0 Å². The van der Waals surface area contributed by atoms with E-state index in [1.807, 2.05) is 25.0 Å². The molecule has 0 aliphatic heterocycles. The topological polar surface area (TPSA) is 29.9 Å². The maximum absolute atomic E-state index is 4.42. The molecule has 0 spiro atoms. The van der Waals surface area contributed by atoms with Crippen LogP contribution in [0.4, 0.5) is 0 Å². The number of nitrogens with one attached hydrogen (secondary N) is 1. The Morgan fingerprint density at radius 3 is 2.53 bits per heavy atom. The van der Waals surface area contributed by atoms with Gasteiger partial charge in [0.25, 0.3) is 0 Å². The van der Waals surface area contributed by atoms with Crippen LogP contribution in [0.15, 0.2) is 12.5 Å². The van der Waals surface area contributed by atoms with Crippen molar-refractivity contribution >= 4 is 0 Å². The van der Waals surface area contributed by atoms with Crippen LogP contribution in [0.1, 0.15) is 63.6 Å². The molecule has 0 amide bonds. The van der Waals surface area contributed by atoms with Crippen LogP contribution in [0, 0.1) is 0 Å². The highest BCUT2D eigenvalue weighted by molar-refractivity contribution is 5.03. The molecule has 0 radical (unpaired) electrons. The van der Waals surface area contributed by atoms with E-state index in [1.165, 1.54) is 50.6 Å². The van der Waals surface area contributed by atoms with Crippen molar-refractivity contribution in [3.63, 3.8) is 0 Å². The van der Waals surface area contributed by atoms with Crippen molar-refractivity contribution in [1.29, 1.82) is 0 Å². The molecule has 1 N–H and O–H groups in total. The van der Waals surface area contributed by atoms with Gasteiger partial charge in [-0.2, -0.15) is 0 Å². The fraction of sp³-hybridized carbons (Fsp3) is 0.786. The SMILES string of the molecule is CCCCCCCCC(NC)c1cn(C)cn1. The van der Waals surface area contributed by atoms with E-state index in [2.05, 4.69) is 23.4 Å². The van der Waals surface area contributed by atoms with Gasteiger partial charge in [0.15, 0.2) is 0 Å². The van der Waals surface area contributed by atoms with Crippen molar-refractivity contribution in [2.45, 2.75) is 57.9 Å². The van der Waals surface area contributed by atoms with Gasteiger partial charge in [0.05, 0.1) is 18.1 Å². The second-order valence-electron chi connectivity index (χ2n) is 4.86. The first-order chi connectivity index (χ1) is 8.27. The number of nitrogens with zero attached hydrogens (tertiary/aromatic N) is 2. The minimum absolute atomic E-state index is 0.419. The number of rotatable bonds is 9. The van der Waals surface area contributed by atoms with Crippen LogP contribution < -0.4 is 5.32 Å². The Balaban J connectivity index is 2.19. The molecule has 1 unspecified atom stereocenters. The molecule has 0 fully saturated rings. The monoisotopic (exact) mass is 237 g/mol. The van der Waals surface area contributed by atoms with Crippen LogP contribution in [0.3, 0.4) is 0 Å². The maximum Gasteiger partial charge on any atom is 0.0947 e. The standard InChI is InChI=1S/C14H27N3/c1-4-5-6-7-8-9-10-13(15-2)14-11-17(3)12-16-14/h11-13,15H,4-10H2,1-3H3. The quantitative estimate of drug-likeness (QED) is 0.667. The van der Waals surface area contributed by atoms with E-state index in [9.17, 15) is 0 Å². The van der Waals surface area contributed by atoms with Crippen LogP contribution in [-0.2, 0) is 7.05 Å². The predicted octanol–water partition coefficient (Wildman–Crippen LogP) is 3.43. The number of unbranched alkanes of at least 4 members (excludes halogenated alkanes) is 5. The van der Waals surface area contributed by atoms with Crippen molar-refractivity contribution < 1.29 is 0 Å². The lowest BCUT2D eigenvalue weighted by Gasteiger charge is -2.13. The van der Waals surface area contributed by atoms with Crippen molar-refractivity contribution in [2.24, 2.45) is 7.05 Å². The van der Waals surface area contributed by atoms with Crippen LogP contribution in [0.5, 0.6) is 0 Å². The van der Waals surface area contributed by atoms with E-state index in [1.54, 1.807) is 0 Å². The zero-order valence-corrected chi connectivity index (χ0v) is 11.6. The van der Waals surface area contributed by atoms with Crippen LogP contribution >= 0.6 is 0 Å². The van der Waals surface area contributed by atoms with Gasteiger partial charge >= 0.3 is 0 Å². The number of imidazole rings is 1. The first-order valence-electron chi connectivity index (χ1n) is 6.93. The molecule has 3 nitrogen and oxygen atoms in total. The third-order valence-electron chi connectivity index (χ3n) is 3.28. The van der Waals surface area contributed by atoms with Gasteiger partial charge in [-0.15, -0.1) is 0 Å². The molecule has 0 aliphatic carbocycles. The molecule has 1 rings (SSSR count). The Labute approximate surface area is 106 Å². The van der Waals surface area contributed by atoms with Gasteiger partial charge in [-0.05, 0) is 13.5 Å². The van der Waals surface area contributed by atoms with Crippen molar-refractivity contribution in [3.8, 4) is 0 Å². The molecular weight excluding hydrogens is 210 g/mol. The summed E-state index contributed by atoms with van der Waals surface area (Å²) in [7, 11) is 4.05. The second-order valence-corrected chi connectivity index (χ2v) is 4.86. The number of hydrogen-bond acceptors (Lipinski definition) is 2. The lowest BCUT2D eigenvalue weighted by molar-refractivity contribution is 0.490. The smallest absolute Gasteiger partial charge is 0.0947 e. The van der Waals surface area contributed by atoms with E-state index >= 15 is 0 Å². The Morgan fingerprint density at radius 1 is 1.24 bits per heavy atom. The molecule has 17 heavy (non-hydrogen) atoms. The Morgan fingerprint density at radius 2 is 1.94 bits per heavy atom. The Bertz CT molecular complexity index is 293. The third kappa shape index (κ3) is 5.35. The lowest BCUT2D eigenvalue weighted by atomic mass is 10.0. The first-order valence-corrected chi connectivity index (χ1v) is 6.93. The average Bonchev–Trinajstić information content (AvgIpc) is 2.75. The van der Waals surface area contributed by atoms with E-state index in [-0.39, 0.29) is 0 Å².